The number of hydrogen-bond donors (Lipinski definition) is 1. The first-order valence-electron chi connectivity index (χ1n) is 8.02. The summed E-state index contributed by atoms with van der Waals surface area (Å²) in [5, 5.41) is 11.6. The number of nitrogens with zero attached hydrogens (tertiary/aromatic N) is 2. The zero-order valence-corrected chi connectivity index (χ0v) is 13.5. The molecule has 1 aromatic rings. The van der Waals surface area contributed by atoms with Gasteiger partial charge in [-0.3, -0.25) is 4.79 Å². The molecule has 2 aliphatic rings. The predicted octanol–water partition coefficient (Wildman–Crippen LogP) is 2.24. The van der Waals surface area contributed by atoms with Gasteiger partial charge in [0.2, 0.25) is 6.41 Å². The van der Waals surface area contributed by atoms with Crippen molar-refractivity contribution in [3.05, 3.63) is 34.9 Å². The Labute approximate surface area is 136 Å². The van der Waals surface area contributed by atoms with E-state index in [1.807, 2.05) is 29.2 Å². The van der Waals surface area contributed by atoms with Crippen molar-refractivity contribution < 1.29 is 9.90 Å². The molecule has 0 aliphatic carbocycles. The lowest BCUT2D eigenvalue weighted by atomic mass is 9.83. The van der Waals surface area contributed by atoms with Crippen molar-refractivity contribution in [3.63, 3.8) is 0 Å². The van der Waals surface area contributed by atoms with Gasteiger partial charge in [0.25, 0.3) is 0 Å². The minimum atomic E-state index is -0.732. The van der Waals surface area contributed by atoms with Crippen LogP contribution in [0.4, 0.5) is 0 Å². The maximum Gasteiger partial charge on any atom is 0.209 e. The predicted molar refractivity (Wildman–Crippen MR) is 86.8 cm³/mol. The van der Waals surface area contributed by atoms with Gasteiger partial charge in [-0.2, -0.15) is 0 Å². The van der Waals surface area contributed by atoms with Crippen molar-refractivity contribution in [1.82, 2.24) is 9.80 Å². The van der Waals surface area contributed by atoms with E-state index in [-0.39, 0.29) is 0 Å². The highest BCUT2D eigenvalue weighted by Crippen LogP contribution is 2.34. The number of benzene rings is 1. The normalized spacial score (nSPS) is 23.5. The fourth-order valence-electron chi connectivity index (χ4n) is 3.66. The van der Waals surface area contributed by atoms with Gasteiger partial charge in [0.15, 0.2) is 0 Å². The van der Waals surface area contributed by atoms with Crippen LogP contribution in [-0.2, 0) is 10.4 Å². The largest absolute Gasteiger partial charge is 0.385 e. The molecule has 0 radical (unpaired) electrons. The minimum absolute atomic E-state index is 0.547. The smallest absolute Gasteiger partial charge is 0.209 e. The maximum absolute atomic E-state index is 10.9. The highest BCUT2D eigenvalue weighted by atomic mass is 35.5. The van der Waals surface area contributed by atoms with Gasteiger partial charge in [-0.15, -0.1) is 0 Å². The Kier molecular flexibility index (Phi) is 4.71. The zero-order chi connectivity index (χ0) is 15.6. The molecule has 0 unspecified atom stereocenters. The topological polar surface area (TPSA) is 43.8 Å². The Balaban J connectivity index is 1.58. The van der Waals surface area contributed by atoms with Crippen LogP contribution in [-0.4, -0.2) is 53.5 Å². The first-order chi connectivity index (χ1) is 10.6. The summed E-state index contributed by atoms with van der Waals surface area (Å²) in [5.74, 6) is 0. The average Bonchev–Trinajstić information content (AvgIpc) is 2.56. The molecule has 120 valence electrons. The Hall–Kier alpha value is -1.10. The quantitative estimate of drug-likeness (QED) is 0.868. The summed E-state index contributed by atoms with van der Waals surface area (Å²) in [6, 6.07) is 8.10. The molecule has 1 amide bonds. The van der Waals surface area contributed by atoms with Crippen LogP contribution in [0.25, 0.3) is 0 Å². The van der Waals surface area contributed by atoms with Crippen molar-refractivity contribution >= 4 is 18.0 Å². The van der Waals surface area contributed by atoms with Crippen LogP contribution in [0, 0.1) is 0 Å². The molecule has 2 fully saturated rings. The number of aliphatic hydroxyl groups is 1. The third-order valence-electron chi connectivity index (χ3n) is 5.17. The van der Waals surface area contributed by atoms with E-state index in [4.69, 9.17) is 11.6 Å². The molecule has 0 atom stereocenters. The summed E-state index contributed by atoms with van der Waals surface area (Å²) in [6.07, 6.45) is 4.53. The fraction of sp³-hybridized carbons (Fsp3) is 0.588. The van der Waals surface area contributed by atoms with Crippen molar-refractivity contribution in [1.29, 1.82) is 0 Å². The highest BCUT2D eigenvalue weighted by Gasteiger charge is 2.36. The Bertz CT molecular complexity index is 504. The van der Waals surface area contributed by atoms with Crippen molar-refractivity contribution in [2.75, 3.05) is 26.2 Å². The number of hydrogen-bond acceptors (Lipinski definition) is 3. The van der Waals surface area contributed by atoms with E-state index in [1.54, 1.807) is 0 Å². The lowest BCUT2D eigenvalue weighted by molar-refractivity contribution is -0.119. The van der Waals surface area contributed by atoms with Gasteiger partial charge in [0.1, 0.15) is 0 Å². The molecule has 1 aromatic carbocycles. The monoisotopic (exact) mass is 322 g/mol. The zero-order valence-electron chi connectivity index (χ0n) is 12.7. The summed E-state index contributed by atoms with van der Waals surface area (Å²) in [6.45, 7) is 3.52. The van der Waals surface area contributed by atoms with Gasteiger partial charge in [0, 0.05) is 37.2 Å². The molecule has 0 bridgehead atoms. The Morgan fingerprint density at radius 1 is 1.09 bits per heavy atom. The van der Waals surface area contributed by atoms with Crippen molar-refractivity contribution in [2.24, 2.45) is 0 Å². The molecule has 2 aliphatic heterocycles. The second-order valence-corrected chi connectivity index (χ2v) is 6.88. The summed E-state index contributed by atoms with van der Waals surface area (Å²) in [4.78, 5) is 15.1. The van der Waals surface area contributed by atoms with E-state index in [2.05, 4.69) is 4.90 Å². The lowest BCUT2D eigenvalue weighted by Gasteiger charge is -2.44. The number of rotatable bonds is 3. The molecule has 4 nitrogen and oxygen atoms in total. The number of piperidine rings is 2. The standard InChI is InChI=1S/C17H23ClN2O2/c18-15-3-1-14(2-4-15)17(22)7-11-20(12-8-17)16-5-9-19(13-21)10-6-16/h1-4,13,16,22H,5-12H2. The number of carbonyl (C=O) groups excluding carboxylic acids is 1. The summed E-state index contributed by atoms with van der Waals surface area (Å²) in [5.41, 5.74) is 0.234. The van der Waals surface area contributed by atoms with Crippen LogP contribution in [0.2, 0.25) is 5.02 Å². The Morgan fingerprint density at radius 2 is 1.68 bits per heavy atom. The van der Waals surface area contributed by atoms with Crippen molar-refractivity contribution in [2.45, 2.75) is 37.3 Å². The van der Waals surface area contributed by atoms with E-state index in [0.717, 1.165) is 63.8 Å². The molecule has 22 heavy (non-hydrogen) atoms. The van der Waals surface area contributed by atoms with E-state index in [0.29, 0.717) is 11.1 Å². The summed E-state index contributed by atoms with van der Waals surface area (Å²) >= 11 is 5.93. The Morgan fingerprint density at radius 3 is 2.23 bits per heavy atom. The van der Waals surface area contributed by atoms with E-state index < -0.39 is 5.60 Å². The molecule has 0 spiro atoms. The average molecular weight is 323 g/mol. The third-order valence-corrected chi connectivity index (χ3v) is 5.42. The lowest BCUT2D eigenvalue weighted by Crippen LogP contribution is -2.50. The first kappa shape index (κ1) is 15.8. The molecule has 2 saturated heterocycles. The summed E-state index contributed by atoms with van der Waals surface area (Å²) in [7, 11) is 0. The molecular weight excluding hydrogens is 300 g/mol. The third kappa shape index (κ3) is 3.29. The maximum atomic E-state index is 10.9. The van der Waals surface area contributed by atoms with Gasteiger partial charge in [-0.25, -0.2) is 0 Å². The number of amides is 1. The van der Waals surface area contributed by atoms with Crippen LogP contribution in [0.5, 0.6) is 0 Å². The second kappa shape index (κ2) is 6.57. The molecular formula is C17H23ClN2O2. The van der Waals surface area contributed by atoms with Crippen LogP contribution < -0.4 is 0 Å². The van der Waals surface area contributed by atoms with Gasteiger partial charge in [-0.1, -0.05) is 23.7 Å². The van der Waals surface area contributed by atoms with Gasteiger partial charge in [-0.05, 0) is 43.4 Å². The number of likely N-dealkylation sites (tertiary alicyclic amines) is 2. The van der Waals surface area contributed by atoms with E-state index in [9.17, 15) is 9.90 Å². The van der Waals surface area contributed by atoms with Crippen LogP contribution in [0.1, 0.15) is 31.2 Å². The number of carbonyl (C=O) groups is 1. The van der Waals surface area contributed by atoms with Crippen molar-refractivity contribution in [3.8, 4) is 0 Å². The molecule has 0 aromatic heterocycles. The molecule has 2 heterocycles. The van der Waals surface area contributed by atoms with Gasteiger partial charge >= 0.3 is 0 Å². The van der Waals surface area contributed by atoms with E-state index >= 15 is 0 Å². The minimum Gasteiger partial charge on any atom is -0.385 e. The summed E-state index contributed by atoms with van der Waals surface area (Å²) < 4.78 is 0. The van der Waals surface area contributed by atoms with Gasteiger partial charge < -0.3 is 14.9 Å². The second-order valence-electron chi connectivity index (χ2n) is 6.45. The van der Waals surface area contributed by atoms with Crippen LogP contribution in [0.15, 0.2) is 24.3 Å². The molecule has 3 rings (SSSR count). The molecule has 5 heteroatoms. The van der Waals surface area contributed by atoms with E-state index in [1.165, 1.54) is 0 Å². The SMILES string of the molecule is O=CN1CCC(N2CCC(O)(c3ccc(Cl)cc3)CC2)CC1. The molecule has 1 N–H and O–H groups in total. The molecule has 0 saturated carbocycles. The van der Waals surface area contributed by atoms with Crippen LogP contribution >= 0.6 is 11.6 Å². The van der Waals surface area contributed by atoms with Crippen LogP contribution in [0.3, 0.4) is 0 Å². The first-order valence-corrected chi connectivity index (χ1v) is 8.40. The van der Waals surface area contributed by atoms with Gasteiger partial charge in [0.05, 0.1) is 5.60 Å². The number of halogens is 1. The fourth-order valence-corrected chi connectivity index (χ4v) is 3.79. The highest BCUT2D eigenvalue weighted by molar-refractivity contribution is 6.30.